The summed E-state index contributed by atoms with van der Waals surface area (Å²) in [6.45, 7) is 2.86. The number of amides is 1. The third-order valence-electron chi connectivity index (χ3n) is 4.40. The highest BCUT2D eigenvalue weighted by molar-refractivity contribution is 5.94. The van der Waals surface area contributed by atoms with Gasteiger partial charge in [-0.1, -0.05) is 18.2 Å². The van der Waals surface area contributed by atoms with E-state index in [1.54, 1.807) is 17.2 Å². The molecule has 7 nitrogen and oxygen atoms in total. The number of carbonyl (C=O) groups is 1. The Morgan fingerprint density at radius 3 is 2.54 bits per heavy atom. The van der Waals surface area contributed by atoms with Gasteiger partial charge in [0.05, 0.1) is 11.6 Å². The number of aryl methyl sites for hydroxylation is 1. The van der Waals surface area contributed by atoms with Crippen molar-refractivity contribution in [2.24, 2.45) is 7.05 Å². The van der Waals surface area contributed by atoms with Crippen molar-refractivity contribution in [3.8, 4) is 0 Å². The van der Waals surface area contributed by atoms with Gasteiger partial charge in [-0.2, -0.15) is 5.10 Å². The molecule has 0 saturated carbocycles. The molecular formula is C17H18N6O. The number of piperazine rings is 1. The minimum Gasteiger partial charge on any atom is -0.352 e. The van der Waals surface area contributed by atoms with E-state index in [2.05, 4.69) is 20.0 Å². The van der Waals surface area contributed by atoms with Crippen LogP contribution in [0.15, 0.2) is 42.9 Å². The van der Waals surface area contributed by atoms with E-state index in [0.29, 0.717) is 13.1 Å². The molecule has 1 aliphatic heterocycles. The number of hydrogen-bond donors (Lipinski definition) is 0. The Hall–Kier alpha value is -2.96. The van der Waals surface area contributed by atoms with Crippen molar-refractivity contribution in [1.82, 2.24) is 24.6 Å². The summed E-state index contributed by atoms with van der Waals surface area (Å²) in [5.74, 6) is 0.976. The number of benzene rings is 1. The molecule has 4 rings (SSSR count). The van der Waals surface area contributed by atoms with E-state index in [1.165, 1.54) is 0 Å². The van der Waals surface area contributed by atoms with Gasteiger partial charge < -0.3 is 9.80 Å². The van der Waals surface area contributed by atoms with Crippen molar-refractivity contribution >= 4 is 22.8 Å². The number of fused-ring (bicyclic) bond motifs is 1. The summed E-state index contributed by atoms with van der Waals surface area (Å²) in [5, 5.41) is 5.20. The molecule has 1 aliphatic rings. The van der Waals surface area contributed by atoms with Gasteiger partial charge in [-0.15, -0.1) is 0 Å². The molecule has 2 aromatic heterocycles. The summed E-state index contributed by atoms with van der Waals surface area (Å²) < 4.78 is 1.75. The van der Waals surface area contributed by atoms with Gasteiger partial charge in [0.25, 0.3) is 5.91 Å². The lowest BCUT2D eigenvalue weighted by atomic mass is 10.2. The molecule has 3 heterocycles. The maximum Gasteiger partial charge on any atom is 0.253 e. The highest BCUT2D eigenvalue weighted by Gasteiger charge is 2.24. The van der Waals surface area contributed by atoms with Crippen LogP contribution in [-0.4, -0.2) is 56.7 Å². The van der Waals surface area contributed by atoms with Crippen molar-refractivity contribution in [3.05, 3.63) is 48.4 Å². The molecule has 1 saturated heterocycles. The van der Waals surface area contributed by atoms with E-state index in [1.807, 2.05) is 42.3 Å². The summed E-state index contributed by atoms with van der Waals surface area (Å²) in [6, 6.07) is 9.42. The van der Waals surface area contributed by atoms with Crippen LogP contribution in [0.1, 0.15) is 10.4 Å². The first-order valence-corrected chi connectivity index (χ1v) is 7.96. The van der Waals surface area contributed by atoms with E-state index >= 15 is 0 Å². The van der Waals surface area contributed by atoms with Gasteiger partial charge in [-0.25, -0.2) is 9.97 Å². The molecule has 24 heavy (non-hydrogen) atoms. The van der Waals surface area contributed by atoms with Crippen LogP contribution in [0.4, 0.5) is 5.82 Å². The largest absolute Gasteiger partial charge is 0.352 e. The van der Waals surface area contributed by atoms with Crippen LogP contribution in [0, 0.1) is 0 Å². The molecule has 7 heteroatoms. The lowest BCUT2D eigenvalue weighted by Gasteiger charge is -2.35. The van der Waals surface area contributed by atoms with Crippen molar-refractivity contribution in [3.63, 3.8) is 0 Å². The summed E-state index contributed by atoms with van der Waals surface area (Å²) in [5.41, 5.74) is 1.56. The van der Waals surface area contributed by atoms with Crippen LogP contribution < -0.4 is 4.90 Å². The Morgan fingerprint density at radius 2 is 1.79 bits per heavy atom. The molecule has 1 fully saturated rings. The second-order valence-corrected chi connectivity index (χ2v) is 5.85. The van der Waals surface area contributed by atoms with E-state index in [-0.39, 0.29) is 5.91 Å². The molecule has 0 bridgehead atoms. The minimum atomic E-state index is 0.0875. The lowest BCUT2D eigenvalue weighted by Crippen LogP contribution is -2.49. The minimum absolute atomic E-state index is 0.0875. The van der Waals surface area contributed by atoms with Crippen LogP contribution in [0.25, 0.3) is 11.0 Å². The molecule has 0 unspecified atom stereocenters. The van der Waals surface area contributed by atoms with E-state index < -0.39 is 0 Å². The third kappa shape index (κ3) is 2.47. The van der Waals surface area contributed by atoms with Gasteiger partial charge in [-0.3, -0.25) is 9.48 Å². The van der Waals surface area contributed by atoms with Crippen LogP contribution >= 0.6 is 0 Å². The molecule has 3 aromatic rings. The summed E-state index contributed by atoms with van der Waals surface area (Å²) >= 11 is 0. The average molecular weight is 322 g/mol. The first-order valence-electron chi connectivity index (χ1n) is 7.96. The fourth-order valence-corrected chi connectivity index (χ4v) is 3.09. The van der Waals surface area contributed by atoms with Gasteiger partial charge >= 0.3 is 0 Å². The second kappa shape index (κ2) is 5.92. The molecule has 0 spiro atoms. The highest BCUT2D eigenvalue weighted by atomic mass is 16.2. The quantitative estimate of drug-likeness (QED) is 0.712. The van der Waals surface area contributed by atoms with Crippen molar-refractivity contribution < 1.29 is 4.79 Å². The summed E-state index contributed by atoms with van der Waals surface area (Å²) in [7, 11) is 1.87. The number of hydrogen-bond acceptors (Lipinski definition) is 5. The first kappa shape index (κ1) is 14.6. The molecule has 1 amide bonds. The van der Waals surface area contributed by atoms with Crippen LogP contribution in [0.2, 0.25) is 0 Å². The Balaban J connectivity index is 1.51. The standard InChI is InChI=1S/C17H18N6O/c1-21-15-14(11-20-21)16(19-12-18-15)22-7-9-23(10-8-22)17(24)13-5-3-2-4-6-13/h2-6,11-12H,7-10H2,1H3. The molecule has 0 atom stereocenters. The molecule has 122 valence electrons. The summed E-state index contributed by atoms with van der Waals surface area (Å²) in [6.07, 6.45) is 3.37. The van der Waals surface area contributed by atoms with Crippen molar-refractivity contribution in [2.75, 3.05) is 31.1 Å². The molecule has 1 aromatic carbocycles. The zero-order chi connectivity index (χ0) is 16.5. The van der Waals surface area contributed by atoms with Gasteiger partial charge in [0.1, 0.15) is 12.1 Å². The number of carbonyl (C=O) groups excluding carboxylic acids is 1. The predicted octanol–water partition coefficient (Wildman–Crippen LogP) is 1.33. The maximum absolute atomic E-state index is 12.5. The van der Waals surface area contributed by atoms with Gasteiger partial charge in [0.2, 0.25) is 0 Å². The Kier molecular flexibility index (Phi) is 3.60. The number of nitrogens with zero attached hydrogens (tertiary/aromatic N) is 6. The third-order valence-corrected chi connectivity index (χ3v) is 4.40. The van der Waals surface area contributed by atoms with Crippen LogP contribution in [0.5, 0.6) is 0 Å². The fourth-order valence-electron chi connectivity index (χ4n) is 3.09. The first-order chi connectivity index (χ1) is 11.7. The van der Waals surface area contributed by atoms with E-state index in [9.17, 15) is 4.79 Å². The van der Waals surface area contributed by atoms with E-state index in [0.717, 1.165) is 35.5 Å². The molecule has 0 radical (unpaired) electrons. The number of aromatic nitrogens is 4. The highest BCUT2D eigenvalue weighted by Crippen LogP contribution is 2.23. The Labute approximate surface area is 139 Å². The van der Waals surface area contributed by atoms with Crippen LogP contribution in [0.3, 0.4) is 0 Å². The normalized spacial score (nSPS) is 15.0. The Morgan fingerprint density at radius 1 is 1.04 bits per heavy atom. The monoisotopic (exact) mass is 322 g/mol. The second-order valence-electron chi connectivity index (χ2n) is 5.85. The zero-order valence-corrected chi connectivity index (χ0v) is 13.5. The zero-order valence-electron chi connectivity index (χ0n) is 13.5. The smallest absolute Gasteiger partial charge is 0.253 e. The SMILES string of the molecule is Cn1ncc2c(N3CCN(C(=O)c4ccccc4)CC3)ncnc21. The molecule has 0 N–H and O–H groups in total. The maximum atomic E-state index is 12.5. The van der Waals surface area contributed by atoms with Crippen LogP contribution in [-0.2, 0) is 7.05 Å². The predicted molar refractivity (Wildman–Crippen MR) is 90.9 cm³/mol. The molecular weight excluding hydrogens is 304 g/mol. The summed E-state index contributed by atoms with van der Waals surface area (Å²) in [4.78, 5) is 25.3. The van der Waals surface area contributed by atoms with Gasteiger partial charge in [0.15, 0.2) is 5.65 Å². The Bertz CT molecular complexity index is 867. The molecule has 0 aliphatic carbocycles. The topological polar surface area (TPSA) is 67.2 Å². The fraction of sp³-hybridized carbons (Fsp3) is 0.294. The van der Waals surface area contributed by atoms with Gasteiger partial charge in [0, 0.05) is 38.8 Å². The van der Waals surface area contributed by atoms with Crippen molar-refractivity contribution in [1.29, 1.82) is 0 Å². The van der Waals surface area contributed by atoms with Crippen molar-refractivity contribution in [2.45, 2.75) is 0 Å². The number of rotatable bonds is 2. The lowest BCUT2D eigenvalue weighted by molar-refractivity contribution is 0.0746. The van der Waals surface area contributed by atoms with E-state index in [4.69, 9.17) is 0 Å². The van der Waals surface area contributed by atoms with Gasteiger partial charge in [-0.05, 0) is 12.1 Å². The average Bonchev–Trinajstić information content (AvgIpc) is 3.03. The number of anilines is 1.